The van der Waals surface area contributed by atoms with E-state index in [0.29, 0.717) is 31.9 Å². The molecule has 0 unspecified atom stereocenters. The number of nitrogens with one attached hydrogen (secondary N) is 1. The first-order valence-corrected chi connectivity index (χ1v) is 8.23. The molecule has 1 heterocycles. The molecule has 0 aliphatic carbocycles. The fourth-order valence-corrected chi connectivity index (χ4v) is 2.45. The van der Waals surface area contributed by atoms with E-state index in [1.807, 2.05) is 18.2 Å². The number of carbonyl (C=O) groups excluding carboxylic acids is 2. The van der Waals surface area contributed by atoms with E-state index < -0.39 is 5.97 Å². The summed E-state index contributed by atoms with van der Waals surface area (Å²) in [7, 11) is 0. The van der Waals surface area contributed by atoms with E-state index in [-0.39, 0.29) is 23.8 Å². The van der Waals surface area contributed by atoms with Gasteiger partial charge in [0, 0.05) is 6.54 Å². The van der Waals surface area contributed by atoms with Crippen LogP contribution >= 0.6 is 0 Å². The summed E-state index contributed by atoms with van der Waals surface area (Å²) in [6.45, 7) is 1.13. The summed E-state index contributed by atoms with van der Waals surface area (Å²) in [4.78, 5) is 23.6. The summed E-state index contributed by atoms with van der Waals surface area (Å²) in [6.07, 6.45) is 0.619. The summed E-state index contributed by atoms with van der Waals surface area (Å²) in [6, 6.07) is 11.3. The minimum atomic E-state index is -0.619. The molecule has 2 aromatic carbocycles. The molecule has 0 atom stereocenters. The average Bonchev–Trinajstić information content (AvgIpc) is 2.66. The average molecular weight is 357 g/mol. The van der Waals surface area contributed by atoms with Crippen LogP contribution in [0.25, 0.3) is 0 Å². The van der Waals surface area contributed by atoms with Crippen molar-refractivity contribution in [3.63, 3.8) is 0 Å². The van der Waals surface area contributed by atoms with Crippen molar-refractivity contribution in [3.8, 4) is 17.2 Å². The van der Waals surface area contributed by atoms with Crippen LogP contribution in [0.2, 0.25) is 0 Å². The first-order valence-electron chi connectivity index (χ1n) is 8.23. The maximum absolute atomic E-state index is 11.8. The Kier molecular flexibility index (Phi) is 5.58. The molecule has 1 aliphatic rings. The molecule has 1 aliphatic heterocycles. The van der Waals surface area contributed by atoms with Gasteiger partial charge in [0.05, 0.1) is 5.56 Å². The van der Waals surface area contributed by atoms with Crippen molar-refractivity contribution in [2.75, 3.05) is 26.4 Å². The number of hydrogen-bond acceptors (Lipinski definition) is 6. The highest BCUT2D eigenvalue weighted by atomic mass is 16.6. The topological polar surface area (TPSA) is 94.1 Å². The minimum Gasteiger partial charge on any atom is -0.508 e. The molecule has 0 spiro atoms. The van der Waals surface area contributed by atoms with Gasteiger partial charge in [0.25, 0.3) is 5.91 Å². The van der Waals surface area contributed by atoms with Gasteiger partial charge >= 0.3 is 5.97 Å². The second-order valence-electron chi connectivity index (χ2n) is 5.70. The Labute approximate surface area is 150 Å². The van der Waals surface area contributed by atoms with Gasteiger partial charge in [0.2, 0.25) is 0 Å². The zero-order chi connectivity index (χ0) is 18.4. The second kappa shape index (κ2) is 8.24. The van der Waals surface area contributed by atoms with E-state index in [1.54, 1.807) is 0 Å². The third kappa shape index (κ3) is 4.66. The van der Waals surface area contributed by atoms with Crippen LogP contribution < -0.4 is 14.8 Å². The molecule has 3 rings (SSSR count). The Hall–Kier alpha value is -3.22. The fraction of sp³-hybridized carbons (Fsp3) is 0.263. The van der Waals surface area contributed by atoms with Crippen molar-refractivity contribution in [2.24, 2.45) is 0 Å². The van der Waals surface area contributed by atoms with Crippen LogP contribution in [0.3, 0.4) is 0 Å². The van der Waals surface area contributed by atoms with Crippen LogP contribution in [0.5, 0.6) is 17.2 Å². The van der Waals surface area contributed by atoms with E-state index in [0.717, 1.165) is 11.3 Å². The SMILES string of the molecule is O=C(COC(=O)c1ccc(O)cc1)NCCc1ccc2c(c1)OCCO2. The van der Waals surface area contributed by atoms with Crippen LogP contribution in [-0.4, -0.2) is 43.3 Å². The summed E-state index contributed by atoms with van der Waals surface area (Å²) < 4.78 is 15.9. The van der Waals surface area contributed by atoms with Crippen LogP contribution in [-0.2, 0) is 16.0 Å². The highest BCUT2D eigenvalue weighted by Crippen LogP contribution is 2.30. The molecule has 7 heteroatoms. The van der Waals surface area contributed by atoms with E-state index in [9.17, 15) is 14.7 Å². The zero-order valence-corrected chi connectivity index (χ0v) is 14.1. The molecule has 0 aromatic heterocycles. The lowest BCUT2D eigenvalue weighted by molar-refractivity contribution is -0.124. The van der Waals surface area contributed by atoms with Crippen LogP contribution in [0.1, 0.15) is 15.9 Å². The number of ether oxygens (including phenoxy) is 3. The van der Waals surface area contributed by atoms with Crippen LogP contribution in [0.15, 0.2) is 42.5 Å². The van der Waals surface area contributed by atoms with Crippen LogP contribution in [0.4, 0.5) is 0 Å². The molecule has 2 N–H and O–H groups in total. The van der Waals surface area contributed by atoms with Gasteiger partial charge < -0.3 is 24.6 Å². The Morgan fingerprint density at radius 2 is 1.77 bits per heavy atom. The summed E-state index contributed by atoms with van der Waals surface area (Å²) >= 11 is 0. The first kappa shape index (κ1) is 17.6. The predicted molar refractivity (Wildman–Crippen MR) is 92.5 cm³/mol. The zero-order valence-electron chi connectivity index (χ0n) is 14.1. The van der Waals surface area contributed by atoms with Crippen molar-refractivity contribution >= 4 is 11.9 Å². The second-order valence-corrected chi connectivity index (χ2v) is 5.70. The van der Waals surface area contributed by atoms with Gasteiger partial charge in [-0.25, -0.2) is 4.79 Å². The number of phenols is 1. The highest BCUT2D eigenvalue weighted by Gasteiger charge is 2.12. The largest absolute Gasteiger partial charge is 0.508 e. The number of phenolic OH excluding ortho intramolecular Hbond substituents is 1. The number of amides is 1. The Morgan fingerprint density at radius 3 is 2.54 bits per heavy atom. The van der Waals surface area contributed by atoms with Gasteiger partial charge in [-0.3, -0.25) is 4.79 Å². The van der Waals surface area contributed by atoms with Gasteiger partial charge in [0.15, 0.2) is 18.1 Å². The number of hydrogen-bond donors (Lipinski definition) is 2. The quantitative estimate of drug-likeness (QED) is 0.764. The number of fused-ring (bicyclic) bond motifs is 1. The molecule has 0 bridgehead atoms. The van der Waals surface area contributed by atoms with Crippen molar-refractivity contribution in [1.82, 2.24) is 5.32 Å². The van der Waals surface area contributed by atoms with Gasteiger partial charge in [-0.1, -0.05) is 6.07 Å². The third-order valence-corrected chi connectivity index (χ3v) is 3.78. The van der Waals surface area contributed by atoms with Crippen molar-refractivity contribution < 1.29 is 28.9 Å². The van der Waals surface area contributed by atoms with E-state index >= 15 is 0 Å². The predicted octanol–water partition coefficient (Wildman–Crippen LogP) is 1.68. The smallest absolute Gasteiger partial charge is 0.338 e. The lowest BCUT2D eigenvalue weighted by atomic mass is 10.1. The molecule has 26 heavy (non-hydrogen) atoms. The normalized spacial score (nSPS) is 12.3. The van der Waals surface area contributed by atoms with Crippen molar-refractivity contribution in [3.05, 3.63) is 53.6 Å². The number of rotatable bonds is 6. The number of aromatic hydroxyl groups is 1. The summed E-state index contributed by atoms with van der Waals surface area (Å²) in [5, 5.41) is 11.9. The molecule has 136 valence electrons. The fourth-order valence-electron chi connectivity index (χ4n) is 2.45. The third-order valence-electron chi connectivity index (χ3n) is 3.78. The first-order chi connectivity index (χ1) is 12.6. The standard InChI is InChI=1S/C19H19NO6/c21-15-4-2-14(3-5-15)19(23)26-12-18(22)20-8-7-13-1-6-16-17(11-13)25-10-9-24-16/h1-6,11,21H,7-10,12H2,(H,20,22). The summed E-state index contributed by atoms with van der Waals surface area (Å²) in [5.41, 5.74) is 1.28. The van der Waals surface area contributed by atoms with E-state index in [2.05, 4.69) is 5.32 Å². The van der Waals surface area contributed by atoms with E-state index in [4.69, 9.17) is 14.2 Å². The highest BCUT2D eigenvalue weighted by molar-refractivity contribution is 5.91. The molecule has 0 saturated heterocycles. The van der Waals surface area contributed by atoms with Crippen molar-refractivity contribution in [1.29, 1.82) is 0 Å². The maximum Gasteiger partial charge on any atom is 0.338 e. The Morgan fingerprint density at radius 1 is 1.04 bits per heavy atom. The molecular weight excluding hydrogens is 338 g/mol. The molecule has 7 nitrogen and oxygen atoms in total. The van der Waals surface area contributed by atoms with Crippen molar-refractivity contribution in [2.45, 2.75) is 6.42 Å². The monoisotopic (exact) mass is 357 g/mol. The molecule has 2 aromatic rings. The molecule has 0 radical (unpaired) electrons. The Balaban J connectivity index is 1.40. The van der Waals surface area contributed by atoms with Gasteiger partial charge in [-0.15, -0.1) is 0 Å². The van der Waals surface area contributed by atoms with Gasteiger partial charge in [0.1, 0.15) is 19.0 Å². The lowest BCUT2D eigenvalue weighted by Crippen LogP contribution is -2.30. The molecular formula is C19H19NO6. The maximum atomic E-state index is 11.8. The summed E-state index contributed by atoms with van der Waals surface area (Å²) in [5.74, 6) is 0.494. The number of benzene rings is 2. The molecule has 1 amide bonds. The molecule has 0 fully saturated rings. The lowest BCUT2D eigenvalue weighted by Gasteiger charge is -2.18. The number of esters is 1. The van der Waals surface area contributed by atoms with Gasteiger partial charge in [-0.05, 0) is 48.4 Å². The molecule has 0 saturated carbocycles. The Bertz CT molecular complexity index is 787. The minimum absolute atomic E-state index is 0.0541. The van der Waals surface area contributed by atoms with E-state index in [1.165, 1.54) is 24.3 Å². The van der Waals surface area contributed by atoms with Gasteiger partial charge in [-0.2, -0.15) is 0 Å². The van der Waals surface area contributed by atoms with Crippen LogP contribution in [0, 0.1) is 0 Å². The number of carbonyl (C=O) groups is 2.